The average molecular weight is 641 g/mol. The Balaban J connectivity index is 1.57. The SMILES string of the molecule is CC(C)(C)OC(=O)N[C@H](C(=O)N1C[C@H](OC(=O)N2Cc3cccc(F)c3C2)CC1C(=O)N[C@@]1(C(=O)O)C[C@H]1C(F)F)C(C)(C)C. The number of carboxylic acids is 1. The zero-order valence-corrected chi connectivity index (χ0v) is 26.0. The second-order valence-electron chi connectivity index (χ2n) is 13.8. The number of hydrogen-bond acceptors (Lipinski definition) is 7. The van der Waals surface area contributed by atoms with E-state index in [9.17, 15) is 42.3 Å². The Morgan fingerprint density at radius 1 is 1.07 bits per heavy atom. The summed E-state index contributed by atoms with van der Waals surface area (Å²) in [6, 6.07) is 1.79. The number of aliphatic carboxylic acids is 1. The first-order valence-electron chi connectivity index (χ1n) is 14.6. The molecule has 2 heterocycles. The second-order valence-corrected chi connectivity index (χ2v) is 13.8. The van der Waals surface area contributed by atoms with E-state index in [1.165, 1.54) is 17.0 Å². The van der Waals surface area contributed by atoms with Gasteiger partial charge in [0.1, 0.15) is 35.1 Å². The Labute approximate surface area is 258 Å². The number of rotatable bonds is 7. The number of amides is 4. The van der Waals surface area contributed by atoms with E-state index in [-0.39, 0.29) is 26.1 Å². The van der Waals surface area contributed by atoms with Crippen molar-refractivity contribution < 1.29 is 51.7 Å². The maximum Gasteiger partial charge on any atom is 0.410 e. The van der Waals surface area contributed by atoms with Gasteiger partial charge in [0, 0.05) is 18.5 Å². The lowest BCUT2D eigenvalue weighted by Crippen LogP contribution is -2.59. The summed E-state index contributed by atoms with van der Waals surface area (Å²) in [6.07, 6.45) is -6.58. The fourth-order valence-corrected chi connectivity index (χ4v) is 5.68. The highest BCUT2D eigenvalue weighted by Gasteiger charge is 2.66. The molecule has 0 spiro atoms. The van der Waals surface area contributed by atoms with Crippen LogP contribution in [-0.2, 0) is 36.9 Å². The molecule has 1 saturated heterocycles. The molecule has 1 unspecified atom stereocenters. The van der Waals surface area contributed by atoms with Crippen molar-refractivity contribution in [1.82, 2.24) is 20.4 Å². The number of carbonyl (C=O) groups excluding carboxylic acids is 4. The largest absolute Gasteiger partial charge is 0.479 e. The molecule has 1 aliphatic carbocycles. The van der Waals surface area contributed by atoms with Crippen LogP contribution in [0.1, 0.15) is 65.5 Å². The van der Waals surface area contributed by atoms with Gasteiger partial charge in [-0.15, -0.1) is 0 Å². The van der Waals surface area contributed by atoms with Crippen molar-refractivity contribution in [2.45, 2.75) is 103 Å². The highest BCUT2D eigenvalue weighted by Crippen LogP contribution is 2.48. The first kappa shape index (κ1) is 33.8. The highest BCUT2D eigenvalue weighted by atomic mass is 19.3. The maximum absolute atomic E-state index is 14.2. The molecule has 3 aliphatic rings. The molecule has 0 bridgehead atoms. The predicted molar refractivity (Wildman–Crippen MR) is 151 cm³/mol. The molecule has 12 nitrogen and oxygen atoms in total. The van der Waals surface area contributed by atoms with Gasteiger partial charge in [-0.2, -0.15) is 0 Å². The molecule has 1 aromatic carbocycles. The van der Waals surface area contributed by atoms with Gasteiger partial charge in [0.15, 0.2) is 0 Å². The van der Waals surface area contributed by atoms with Gasteiger partial charge in [-0.1, -0.05) is 32.9 Å². The Morgan fingerprint density at radius 2 is 1.73 bits per heavy atom. The van der Waals surface area contributed by atoms with Gasteiger partial charge >= 0.3 is 18.2 Å². The molecule has 4 rings (SSSR count). The van der Waals surface area contributed by atoms with Crippen LogP contribution in [0.2, 0.25) is 0 Å². The standard InChI is InChI=1S/C30H39F3N4O8/c1-28(2,3)21(34-26(42)45-29(4,5)6)24(39)37-13-16(44-27(43)36-12-15-8-7-9-19(31)17(15)14-36)10-20(37)23(38)35-30(25(40)41)11-18(30)22(32)33/h7-9,16,18,20-22H,10-14H2,1-6H3,(H,34,42)(H,35,38)(H,40,41)/t16-,18+,20?,21-,30+/m1/s1. The number of hydrogen-bond donors (Lipinski definition) is 3. The number of benzene rings is 1. The molecule has 45 heavy (non-hydrogen) atoms. The zero-order valence-electron chi connectivity index (χ0n) is 26.0. The van der Waals surface area contributed by atoms with Crippen molar-refractivity contribution in [3.63, 3.8) is 0 Å². The lowest BCUT2D eigenvalue weighted by molar-refractivity contribution is -0.147. The van der Waals surface area contributed by atoms with E-state index in [2.05, 4.69) is 10.6 Å². The highest BCUT2D eigenvalue weighted by molar-refractivity contribution is 5.96. The van der Waals surface area contributed by atoms with Crippen LogP contribution in [0, 0.1) is 17.2 Å². The van der Waals surface area contributed by atoms with E-state index in [1.54, 1.807) is 47.6 Å². The van der Waals surface area contributed by atoms with Crippen molar-refractivity contribution in [1.29, 1.82) is 0 Å². The summed E-state index contributed by atoms with van der Waals surface area (Å²) < 4.78 is 52.1. The summed E-state index contributed by atoms with van der Waals surface area (Å²) in [4.78, 5) is 67.5. The van der Waals surface area contributed by atoms with Crippen LogP contribution in [0.4, 0.5) is 22.8 Å². The Bertz CT molecular complexity index is 1380. The fraction of sp³-hybridized carbons (Fsp3) is 0.633. The number of carbonyl (C=O) groups is 5. The molecule has 5 atom stereocenters. The fourth-order valence-electron chi connectivity index (χ4n) is 5.68. The quantitative estimate of drug-likeness (QED) is 0.410. The number of carboxylic acid groups (broad SMARTS) is 1. The third-order valence-corrected chi connectivity index (χ3v) is 8.12. The predicted octanol–water partition coefficient (Wildman–Crippen LogP) is 3.41. The Hall–Kier alpha value is -4.04. The summed E-state index contributed by atoms with van der Waals surface area (Å²) in [6.45, 7) is 9.60. The van der Waals surface area contributed by atoms with Crippen LogP contribution in [0.15, 0.2) is 18.2 Å². The van der Waals surface area contributed by atoms with E-state index in [0.29, 0.717) is 11.1 Å². The Morgan fingerprint density at radius 3 is 2.27 bits per heavy atom. The van der Waals surface area contributed by atoms with E-state index in [1.807, 2.05) is 0 Å². The van der Waals surface area contributed by atoms with Gasteiger partial charge in [0.25, 0.3) is 0 Å². The summed E-state index contributed by atoms with van der Waals surface area (Å²) in [5, 5.41) is 14.4. The lowest BCUT2D eigenvalue weighted by atomic mass is 9.85. The third-order valence-electron chi connectivity index (χ3n) is 8.12. The second kappa shape index (κ2) is 12.0. The van der Waals surface area contributed by atoms with Crippen LogP contribution in [0.3, 0.4) is 0 Å². The van der Waals surface area contributed by atoms with Gasteiger partial charge in [0.05, 0.1) is 19.0 Å². The summed E-state index contributed by atoms with van der Waals surface area (Å²) in [7, 11) is 0. The number of alkyl halides is 2. The maximum atomic E-state index is 14.2. The van der Waals surface area contributed by atoms with E-state index in [0.717, 1.165) is 4.90 Å². The summed E-state index contributed by atoms with van der Waals surface area (Å²) in [5.74, 6) is -5.51. The molecule has 248 valence electrons. The third kappa shape index (κ3) is 7.28. The minimum atomic E-state index is -3.01. The molecule has 4 amide bonds. The van der Waals surface area contributed by atoms with Gasteiger partial charge in [0.2, 0.25) is 18.2 Å². The number of alkyl carbamates (subject to hydrolysis) is 1. The molecule has 3 N–H and O–H groups in total. The Kier molecular flexibility index (Phi) is 9.06. The van der Waals surface area contributed by atoms with Gasteiger partial charge < -0.3 is 30.1 Å². The van der Waals surface area contributed by atoms with Crippen LogP contribution in [0.5, 0.6) is 0 Å². The number of nitrogens with zero attached hydrogens (tertiary/aromatic N) is 2. The molecule has 0 radical (unpaired) electrons. The molecule has 2 aliphatic heterocycles. The number of halogens is 3. The molecule has 0 aromatic heterocycles. The molecule has 2 fully saturated rings. The van der Waals surface area contributed by atoms with Crippen LogP contribution in [0.25, 0.3) is 0 Å². The minimum absolute atomic E-state index is 0.0534. The molecule has 1 aromatic rings. The van der Waals surface area contributed by atoms with Crippen LogP contribution < -0.4 is 10.6 Å². The molecular formula is C30H39F3N4O8. The van der Waals surface area contributed by atoms with Gasteiger partial charge in [-0.25, -0.2) is 27.6 Å². The summed E-state index contributed by atoms with van der Waals surface area (Å²) in [5.41, 5.74) is -3.08. The zero-order chi connectivity index (χ0) is 33.6. The first-order valence-corrected chi connectivity index (χ1v) is 14.6. The topological polar surface area (TPSA) is 155 Å². The first-order chi connectivity index (χ1) is 20.7. The van der Waals surface area contributed by atoms with Gasteiger partial charge in [-0.05, 0) is 44.2 Å². The van der Waals surface area contributed by atoms with Crippen molar-refractivity contribution in [3.8, 4) is 0 Å². The van der Waals surface area contributed by atoms with E-state index in [4.69, 9.17) is 9.47 Å². The molecular weight excluding hydrogens is 601 g/mol. The summed E-state index contributed by atoms with van der Waals surface area (Å²) >= 11 is 0. The van der Waals surface area contributed by atoms with Crippen LogP contribution >= 0.6 is 0 Å². The van der Waals surface area contributed by atoms with Crippen molar-refractivity contribution in [3.05, 3.63) is 35.1 Å². The molecule has 15 heteroatoms. The minimum Gasteiger partial charge on any atom is -0.479 e. The lowest BCUT2D eigenvalue weighted by Gasteiger charge is -2.35. The van der Waals surface area contributed by atoms with Crippen molar-refractivity contribution >= 4 is 30.0 Å². The normalized spacial score (nSPS) is 25.0. The smallest absolute Gasteiger partial charge is 0.410 e. The number of nitrogens with one attached hydrogen (secondary N) is 2. The molecule has 1 saturated carbocycles. The van der Waals surface area contributed by atoms with E-state index >= 15 is 0 Å². The number of fused-ring (bicyclic) bond motifs is 1. The number of likely N-dealkylation sites (tertiary alicyclic amines) is 1. The number of ether oxygens (including phenoxy) is 2. The van der Waals surface area contributed by atoms with Crippen LogP contribution in [-0.4, -0.2) is 87.2 Å². The van der Waals surface area contributed by atoms with Crippen molar-refractivity contribution in [2.75, 3.05) is 6.54 Å². The van der Waals surface area contributed by atoms with E-state index < -0.39 is 89.3 Å². The van der Waals surface area contributed by atoms with Crippen molar-refractivity contribution in [2.24, 2.45) is 11.3 Å². The van der Waals surface area contributed by atoms with Gasteiger partial charge in [-0.3, -0.25) is 14.5 Å². The average Bonchev–Trinajstić information content (AvgIpc) is 3.24. The monoisotopic (exact) mass is 640 g/mol.